The van der Waals surface area contributed by atoms with Crippen LogP contribution >= 0.6 is 11.6 Å². The van der Waals surface area contributed by atoms with Crippen molar-refractivity contribution < 1.29 is 4.39 Å². The van der Waals surface area contributed by atoms with Crippen molar-refractivity contribution >= 4 is 23.6 Å². The number of anilines is 1. The second kappa shape index (κ2) is 6.53. The first kappa shape index (κ1) is 14.5. The van der Waals surface area contributed by atoms with E-state index >= 15 is 0 Å². The van der Waals surface area contributed by atoms with Gasteiger partial charge in [-0.3, -0.25) is 4.99 Å². The molecule has 20 heavy (non-hydrogen) atoms. The molecule has 0 saturated heterocycles. The summed E-state index contributed by atoms with van der Waals surface area (Å²) in [6.45, 7) is 2.01. The minimum Gasteiger partial charge on any atom is -0.346 e. The predicted molar refractivity (Wildman–Crippen MR) is 83.4 cm³/mol. The Morgan fingerprint density at radius 3 is 2.80 bits per heavy atom. The molecule has 0 bridgehead atoms. The average molecular weight is 291 g/mol. The van der Waals surface area contributed by atoms with Crippen LogP contribution in [0, 0.1) is 12.7 Å². The molecule has 0 radical (unpaired) electrons. The van der Waals surface area contributed by atoms with Crippen LogP contribution in [-0.4, -0.2) is 13.4 Å². The van der Waals surface area contributed by atoms with Gasteiger partial charge >= 0.3 is 0 Å². The van der Waals surface area contributed by atoms with Gasteiger partial charge in [0.2, 0.25) is 0 Å². The lowest BCUT2D eigenvalue weighted by molar-refractivity contribution is 0.626. The van der Waals surface area contributed by atoms with Gasteiger partial charge in [-0.25, -0.2) is 4.39 Å². The molecule has 0 atom stereocenters. The molecule has 0 amide bonds. The van der Waals surface area contributed by atoms with Crippen LogP contribution in [0.15, 0.2) is 41.4 Å². The Kier molecular flexibility index (Phi) is 4.74. The largest absolute Gasteiger partial charge is 0.346 e. The summed E-state index contributed by atoms with van der Waals surface area (Å²) >= 11 is 6.24. The maximum Gasteiger partial charge on any atom is 0.123 e. The van der Waals surface area contributed by atoms with Gasteiger partial charge in [0.1, 0.15) is 5.82 Å². The third kappa shape index (κ3) is 3.58. The van der Waals surface area contributed by atoms with Gasteiger partial charge < -0.3 is 5.32 Å². The van der Waals surface area contributed by atoms with Gasteiger partial charge in [-0.15, -0.1) is 0 Å². The lowest BCUT2D eigenvalue weighted by atomic mass is 10.00. The van der Waals surface area contributed by atoms with Gasteiger partial charge in [-0.05, 0) is 54.3 Å². The zero-order valence-corrected chi connectivity index (χ0v) is 12.2. The van der Waals surface area contributed by atoms with Gasteiger partial charge in [0, 0.05) is 7.05 Å². The summed E-state index contributed by atoms with van der Waals surface area (Å²) in [6.07, 6.45) is 2.25. The second-order valence-corrected chi connectivity index (χ2v) is 5.00. The summed E-state index contributed by atoms with van der Waals surface area (Å²) in [5.74, 6) is -0.219. The molecular weight excluding hydrogens is 275 g/mol. The third-order valence-corrected chi connectivity index (χ3v) is 3.37. The van der Waals surface area contributed by atoms with Crippen molar-refractivity contribution in [2.24, 2.45) is 4.99 Å². The summed E-state index contributed by atoms with van der Waals surface area (Å²) in [7, 11) is 1.69. The van der Waals surface area contributed by atoms with Crippen molar-refractivity contribution in [1.29, 1.82) is 0 Å². The SMILES string of the molecule is CN=CNc1cc(C)c(Cc2cccc(F)c2)cc1Cl. The summed E-state index contributed by atoms with van der Waals surface area (Å²) < 4.78 is 13.2. The molecule has 2 aromatic rings. The van der Waals surface area contributed by atoms with E-state index in [1.54, 1.807) is 25.5 Å². The highest BCUT2D eigenvalue weighted by Crippen LogP contribution is 2.27. The molecule has 2 aromatic carbocycles. The van der Waals surface area contributed by atoms with Crippen molar-refractivity contribution in [3.63, 3.8) is 0 Å². The first-order valence-corrected chi connectivity index (χ1v) is 6.68. The summed E-state index contributed by atoms with van der Waals surface area (Å²) in [6, 6.07) is 10.5. The Morgan fingerprint density at radius 2 is 2.10 bits per heavy atom. The van der Waals surface area contributed by atoms with Crippen molar-refractivity contribution in [1.82, 2.24) is 0 Å². The van der Waals surface area contributed by atoms with Crippen LogP contribution in [0.2, 0.25) is 5.02 Å². The van der Waals surface area contributed by atoms with Crippen LogP contribution in [0.1, 0.15) is 16.7 Å². The highest BCUT2D eigenvalue weighted by Gasteiger charge is 2.07. The molecule has 2 rings (SSSR count). The van der Waals surface area contributed by atoms with Crippen LogP contribution in [0.5, 0.6) is 0 Å². The zero-order valence-electron chi connectivity index (χ0n) is 11.5. The second-order valence-electron chi connectivity index (χ2n) is 4.60. The van der Waals surface area contributed by atoms with E-state index in [9.17, 15) is 4.39 Å². The number of halogens is 2. The number of hydrogen-bond acceptors (Lipinski definition) is 1. The quantitative estimate of drug-likeness (QED) is 0.653. The molecule has 0 aromatic heterocycles. The fraction of sp³-hybridized carbons (Fsp3) is 0.188. The Morgan fingerprint density at radius 1 is 1.30 bits per heavy atom. The molecule has 0 heterocycles. The molecule has 0 fully saturated rings. The van der Waals surface area contributed by atoms with E-state index in [0.717, 1.165) is 22.4 Å². The standard InChI is InChI=1S/C16H16ClFN2/c1-11-6-16(20-10-19-2)15(17)9-13(11)7-12-4-3-5-14(18)8-12/h3-6,8-10H,7H2,1-2H3,(H,19,20). The summed E-state index contributed by atoms with van der Waals surface area (Å²) in [4.78, 5) is 3.87. The molecule has 0 spiro atoms. The Hall–Kier alpha value is -1.87. The van der Waals surface area contributed by atoms with Gasteiger partial charge in [0.25, 0.3) is 0 Å². The number of aryl methyl sites for hydroxylation is 1. The molecule has 0 saturated carbocycles. The van der Waals surface area contributed by atoms with E-state index in [1.807, 2.05) is 25.1 Å². The molecule has 0 unspecified atom stereocenters. The zero-order chi connectivity index (χ0) is 14.5. The predicted octanol–water partition coefficient (Wildman–Crippen LogP) is 4.45. The highest BCUT2D eigenvalue weighted by molar-refractivity contribution is 6.33. The lowest BCUT2D eigenvalue weighted by Crippen LogP contribution is -1.99. The maximum atomic E-state index is 13.2. The van der Waals surface area contributed by atoms with E-state index in [4.69, 9.17) is 11.6 Å². The van der Waals surface area contributed by atoms with E-state index < -0.39 is 0 Å². The first-order chi connectivity index (χ1) is 9.60. The fourth-order valence-electron chi connectivity index (χ4n) is 2.02. The Labute approximate surface area is 123 Å². The molecule has 4 heteroatoms. The van der Waals surface area contributed by atoms with E-state index in [-0.39, 0.29) is 5.82 Å². The first-order valence-electron chi connectivity index (χ1n) is 6.31. The van der Waals surface area contributed by atoms with Crippen LogP contribution < -0.4 is 5.32 Å². The number of nitrogens with zero attached hydrogens (tertiary/aromatic N) is 1. The topological polar surface area (TPSA) is 24.4 Å². The van der Waals surface area contributed by atoms with Crippen LogP contribution in [0.25, 0.3) is 0 Å². The minimum absolute atomic E-state index is 0.219. The van der Waals surface area contributed by atoms with Crippen molar-refractivity contribution in [2.45, 2.75) is 13.3 Å². The summed E-state index contributed by atoms with van der Waals surface area (Å²) in [5.41, 5.74) is 3.93. The molecule has 0 aliphatic carbocycles. The Bertz CT molecular complexity index is 638. The van der Waals surface area contributed by atoms with Crippen LogP contribution in [0.3, 0.4) is 0 Å². The van der Waals surface area contributed by atoms with E-state index in [0.29, 0.717) is 11.4 Å². The van der Waals surface area contributed by atoms with Gasteiger partial charge in [0.05, 0.1) is 17.0 Å². The van der Waals surface area contributed by atoms with E-state index in [1.165, 1.54) is 6.07 Å². The molecule has 0 aliphatic rings. The van der Waals surface area contributed by atoms with Gasteiger partial charge in [-0.1, -0.05) is 23.7 Å². The fourth-order valence-corrected chi connectivity index (χ4v) is 2.27. The summed E-state index contributed by atoms with van der Waals surface area (Å²) in [5, 5.41) is 3.65. The number of hydrogen-bond donors (Lipinski definition) is 1. The van der Waals surface area contributed by atoms with Crippen LogP contribution in [0.4, 0.5) is 10.1 Å². The normalized spacial score (nSPS) is 11.0. The van der Waals surface area contributed by atoms with Gasteiger partial charge in [0.15, 0.2) is 0 Å². The smallest absolute Gasteiger partial charge is 0.123 e. The third-order valence-electron chi connectivity index (χ3n) is 3.06. The monoisotopic (exact) mass is 290 g/mol. The maximum absolute atomic E-state index is 13.2. The Balaban J connectivity index is 2.27. The molecule has 1 N–H and O–H groups in total. The molecular formula is C16H16ClFN2. The van der Waals surface area contributed by atoms with E-state index in [2.05, 4.69) is 10.3 Å². The van der Waals surface area contributed by atoms with Crippen LogP contribution in [-0.2, 0) is 6.42 Å². The molecule has 104 valence electrons. The number of benzene rings is 2. The van der Waals surface area contributed by atoms with Crippen molar-refractivity contribution in [3.05, 3.63) is 63.9 Å². The number of nitrogens with one attached hydrogen (secondary N) is 1. The highest BCUT2D eigenvalue weighted by atomic mass is 35.5. The van der Waals surface area contributed by atoms with Crippen molar-refractivity contribution in [3.8, 4) is 0 Å². The van der Waals surface area contributed by atoms with Gasteiger partial charge in [-0.2, -0.15) is 0 Å². The number of aliphatic imine (C=N–C) groups is 1. The van der Waals surface area contributed by atoms with Crippen molar-refractivity contribution in [2.75, 3.05) is 12.4 Å². The lowest BCUT2D eigenvalue weighted by Gasteiger charge is -2.11. The minimum atomic E-state index is -0.219. The molecule has 0 aliphatic heterocycles. The molecule has 2 nitrogen and oxygen atoms in total. The number of rotatable bonds is 4. The average Bonchev–Trinajstić information content (AvgIpc) is 2.41.